The summed E-state index contributed by atoms with van der Waals surface area (Å²) in [5.74, 6) is 0.124. The smallest absolute Gasteiger partial charge is 0.178 e. The van der Waals surface area contributed by atoms with Crippen LogP contribution >= 0.6 is 0 Å². The minimum Gasteiger partial charge on any atom is -0.318 e. The third kappa shape index (κ3) is 3.78. The number of nitrogens with one attached hydrogen (secondary N) is 1. The van der Waals surface area contributed by atoms with Crippen LogP contribution in [0.25, 0.3) is 5.69 Å². The number of rotatable bonds is 6. The van der Waals surface area contributed by atoms with Crippen LogP contribution in [0.1, 0.15) is 45.8 Å². The number of benzene rings is 2. The van der Waals surface area contributed by atoms with E-state index in [4.69, 9.17) is 0 Å². The molecule has 26 heavy (non-hydrogen) atoms. The summed E-state index contributed by atoms with van der Waals surface area (Å²) in [7, 11) is 0. The number of carbonyl (C=O) groups is 1. The van der Waals surface area contributed by atoms with Crippen molar-refractivity contribution in [2.24, 2.45) is 0 Å². The third-order valence-electron chi connectivity index (χ3n) is 4.89. The SMILES string of the molecule is Cc1ccc(-n2c(C)cc(C(=O)CNC(C)c3ccccc3)c2C)cc1. The number of aromatic nitrogens is 1. The molecular weight excluding hydrogens is 320 g/mol. The van der Waals surface area contributed by atoms with Crippen LogP contribution in [0.5, 0.6) is 0 Å². The van der Waals surface area contributed by atoms with Crippen LogP contribution in [0.2, 0.25) is 0 Å². The van der Waals surface area contributed by atoms with Gasteiger partial charge in [-0.25, -0.2) is 0 Å². The predicted molar refractivity (Wildman–Crippen MR) is 107 cm³/mol. The molecule has 1 heterocycles. The van der Waals surface area contributed by atoms with Gasteiger partial charge in [-0.05, 0) is 51.5 Å². The van der Waals surface area contributed by atoms with Crippen molar-refractivity contribution < 1.29 is 4.79 Å². The molecule has 2 aromatic carbocycles. The van der Waals surface area contributed by atoms with Crippen LogP contribution in [-0.2, 0) is 0 Å². The summed E-state index contributed by atoms with van der Waals surface area (Å²) in [6, 6.07) is 20.7. The van der Waals surface area contributed by atoms with Crippen molar-refractivity contribution in [3.05, 3.63) is 88.7 Å². The van der Waals surface area contributed by atoms with Gasteiger partial charge in [-0.1, -0.05) is 48.0 Å². The Morgan fingerprint density at radius 1 is 1.00 bits per heavy atom. The van der Waals surface area contributed by atoms with Crippen LogP contribution in [0.3, 0.4) is 0 Å². The first-order chi connectivity index (χ1) is 12.5. The van der Waals surface area contributed by atoms with Crippen LogP contribution in [-0.4, -0.2) is 16.9 Å². The minimum atomic E-state index is 0.124. The Labute approximate surface area is 155 Å². The second kappa shape index (κ2) is 7.71. The summed E-state index contributed by atoms with van der Waals surface area (Å²) < 4.78 is 2.15. The van der Waals surface area contributed by atoms with Gasteiger partial charge in [0.1, 0.15) is 0 Å². The standard InChI is InChI=1S/C23H26N2O/c1-16-10-12-21(13-11-16)25-17(2)14-22(19(25)4)23(26)15-24-18(3)20-8-6-5-7-9-20/h5-14,18,24H,15H2,1-4H3. The number of Topliss-reactive ketones (excluding diaryl/α,β-unsaturated/α-hetero) is 1. The summed E-state index contributed by atoms with van der Waals surface area (Å²) in [5.41, 5.74) is 6.36. The monoisotopic (exact) mass is 346 g/mol. The van der Waals surface area contributed by atoms with Crippen molar-refractivity contribution in [2.45, 2.75) is 33.7 Å². The van der Waals surface area contributed by atoms with Gasteiger partial charge in [0.25, 0.3) is 0 Å². The molecule has 3 nitrogen and oxygen atoms in total. The Balaban J connectivity index is 1.76. The second-order valence-electron chi connectivity index (χ2n) is 6.89. The highest BCUT2D eigenvalue weighted by Gasteiger charge is 2.17. The number of ketones is 1. The van der Waals surface area contributed by atoms with Gasteiger partial charge in [0.05, 0.1) is 6.54 Å². The molecule has 0 radical (unpaired) electrons. The Kier molecular flexibility index (Phi) is 5.38. The maximum atomic E-state index is 12.8. The van der Waals surface area contributed by atoms with E-state index in [0.717, 1.165) is 22.6 Å². The molecule has 0 saturated heterocycles. The fourth-order valence-electron chi connectivity index (χ4n) is 3.34. The zero-order valence-corrected chi connectivity index (χ0v) is 15.9. The molecule has 1 unspecified atom stereocenters. The summed E-state index contributed by atoms with van der Waals surface area (Å²) in [6.07, 6.45) is 0. The topological polar surface area (TPSA) is 34.0 Å². The molecule has 0 aliphatic heterocycles. The highest BCUT2D eigenvalue weighted by molar-refractivity contribution is 5.99. The maximum Gasteiger partial charge on any atom is 0.178 e. The normalized spacial score (nSPS) is 12.2. The lowest BCUT2D eigenvalue weighted by atomic mass is 10.1. The Hall–Kier alpha value is -2.65. The second-order valence-corrected chi connectivity index (χ2v) is 6.89. The maximum absolute atomic E-state index is 12.8. The summed E-state index contributed by atoms with van der Waals surface area (Å²) >= 11 is 0. The van der Waals surface area contributed by atoms with Crippen molar-refractivity contribution in [1.29, 1.82) is 0 Å². The molecule has 1 atom stereocenters. The molecule has 0 bridgehead atoms. The average Bonchev–Trinajstić information content (AvgIpc) is 2.95. The van der Waals surface area contributed by atoms with Crippen LogP contribution in [0, 0.1) is 20.8 Å². The van der Waals surface area contributed by atoms with Gasteiger partial charge in [0, 0.05) is 28.7 Å². The van der Waals surface area contributed by atoms with E-state index in [2.05, 4.69) is 60.1 Å². The molecule has 0 saturated carbocycles. The fourth-order valence-corrected chi connectivity index (χ4v) is 3.34. The highest BCUT2D eigenvalue weighted by atomic mass is 16.1. The average molecular weight is 346 g/mol. The minimum absolute atomic E-state index is 0.124. The molecule has 0 fully saturated rings. The molecule has 0 aliphatic rings. The van der Waals surface area contributed by atoms with E-state index in [1.807, 2.05) is 38.1 Å². The molecule has 1 N–H and O–H groups in total. The quantitative estimate of drug-likeness (QED) is 0.642. The van der Waals surface area contributed by atoms with Crippen molar-refractivity contribution in [3.63, 3.8) is 0 Å². The van der Waals surface area contributed by atoms with Crippen molar-refractivity contribution >= 4 is 5.78 Å². The van der Waals surface area contributed by atoms with Gasteiger partial charge in [-0.3, -0.25) is 4.79 Å². The molecule has 0 spiro atoms. The molecule has 3 rings (SSSR count). The van der Waals surface area contributed by atoms with Crippen LogP contribution < -0.4 is 5.32 Å². The summed E-state index contributed by atoms with van der Waals surface area (Å²) in [5, 5.41) is 3.34. The van der Waals surface area contributed by atoms with E-state index in [1.54, 1.807) is 0 Å². The predicted octanol–water partition coefficient (Wildman–Crippen LogP) is 4.94. The first kappa shape index (κ1) is 18.2. The van der Waals surface area contributed by atoms with Crippen molar-refractivity contribution in [1.82, 2.24) is 9.88 Å². The molecule has 0 aliphatic carbocycles. The lowest BCUT2D eigenvalue weighted by Gasteiger charge is -2.14. The van der Waals surface area contributed by atoms with E-state index >= 15 is 0 Å². The number of hydrogen-bond donors (Lipinski definition) is 1. The fraction of sp³-hybridized carbons (Fsp3) is 0.261. The number of nitrogens with zero attached hydrogens (tertiary/aromatic N) is 1. The third-order valence-corrected chi connectivity index (χ3v) is 4.89. The first-order valence-electron chi connectivity index (χ1n) is 9.05. The van der Waals surface area contributed by atoms with Gasteiger partial charge in [-0.2, -0.15) is 0 Å². The summed E-state index contributed by atoms with van der Waals surface area (Å²) in [6.45, 7) is 8.55. The Morgan fingerprint density at radius 2 is 1.65 bits per heavy atom. The van der Waals surface area contributed by atoms with Gasteiger partial charge in [-0.15, -0.1) is 0 Å². The highest BCUT2D eigenvalue weighted by Crippen LogP contribution is 2.22. The zero-order chi connectivity index (χ0) is 18.7. The van der Waals surface area contributed by atoms with Gasteiger partial charge in [0.15, 0.2) is 5.78 Å². The van der Waals surface area contributed by atoms with E-state index in [-0.39, 0.29) is 11.8 Å². The number of aryl methyl sites for hydroxylation is 2. The molecule has 1 aromatic heterocycles. The van der Waals surface area contributed by atoms with Crippen molar-refractivity contribution in [2.75, 3.05) is 6.54 Å². The lowest BCUT2D eigenvalue weighted by molar-refractivity contribution is 0.0987. The molecule has 0 amide bonds. The number of carbonyl (C=O) groups excluding carboxylic acids is 1. The zero-order valence-electron chi connectivity index (χ0n) is 15.9. The lowest BCUT2D eigenvalue weighted by Crippen LogP contribution is -2.26. The van der Waals surface area contributed by atoms with Crippen LogP contribution in [0.15, 0.2) is 60.7 Å². The van der Waals surface area contributed by atoms with Gasteiger partial charge >= 0.3 is 0 Å². The Bertz CT molecular complexity index is 892. The number of hydrogen-bond acceptors (Lipinski definition) is 2. The van der Waals surface area contributed by atoms with Gasteiger partial charge in [0.2, 0.25) is 0 Å². The Morgan fingerprint density at radius 3 is 2.31 bits per heavy atom. The molecule has 134 valence electrons. The van der Waals surface area contributed by atoms with Gasteiger partial charge < -0.3 is 9.88 Å². The van der Waals surface area contributed by atoms with E-state index in [9.17, 15) is 4.79 Å². The summed E-state index contributed by atoms with van der Waals surface area (Å²) in [4.78, 5) is 12.8. The van der Waals surface area contributed by atoms with E-state index in [1.165, 1.54) is 11.1 Å². The van der Waals surface area contributed by atoms with E-state index < -0.39 is 0 Å². The van der Waals surface area contributed by atoms with E-state index in [0.29, 0.717) is 6.54 Å². The molecule has 3 heteroatoms. The molecular formula is C23H26N2O. The van der Waals surface area contributed by atoms with Crippen molar-refractivity contribution in [3.8, 4) is 5.69 Å². The first-order valence-corrected chi connectivity index (χ1v) is 9.05. The largest absolute Gasteiger partial charge is 0.318 e. The van der Waals surface area contributed by atoms with Crippen LogP contribution in [0.4, 0.5) is 0 Å². The molecule has 3 aromatic rings.